The minimum Gasteiger partial charge on any atom is -0.461 e. The second-order valence-corrected chi connectivity index (χ2v) is 6.55. The van der Waals surface area contributed by atoms with Crippen molar-refractivity contribution in [1.82, 2.24) is 20.2 Å². The fraction of sp³-hybridized carbons (Fsp3) is 0.188. The molecule has 25 heavy (non-hydrogen) atoms. The predicted molar refractivity (Wildman–Crippen MR) is 96.8 cm³/mol. The average molecular weight is 378 g/mol. The first-order valence-corrected chi connectivity index (χ1v) is 8.88. The Labute approximate surface area is 153 Å². The number of benzene rings is 1. The van der Waals surface area contributed by atoms with Gasteiger partial charge in [-0.2, -0.15) is 0 Å². The number of amides is 1. The highest BCUT2D eigenvalue weighted by molar-refractivity contribution is 7.99. The highest BCUT2D eigenvalue weighted by Gasteiger charge is 2.15. The van der Waals surface area contributed by atoms with Crippen LogP contribution in [0.1, 0.15) is 5.56 Å². The van der Waals surface area contributed by atoms with Crippen LogP contribution in [0.4, 0.5) is 0 Å². The predicted octanol–water partition coefficient (Wildman–Crippen LogP) is 2.36. The third-order valence-electron chi connectivity index (χ3n) is 3.39. The van der Waals surface area contributed by atoms with Gasteiger partial charge < -0.3 is 15.6 Å². The van der Waals surface area contributed by atoms with Gasteiger partial charge in [-0.05, 0) is 36.2 Å². The summed E-state index contributed by atoms with van der Waals surface area (Å²) in [6, 6.07) is 11.0. The van der Waals surface area contributed by atoms with Crippen LogP contribution >= 0.6 is 23.4 Å². The van der Waals surface area contributed by atoms with E-state index in [0.29, 0.717) is 28.3 Å². The van der Waals surface area contributed by atoms with Gasteiger partial charge in [0, 0.05) is 11.6 Å². The summed E-state index contributed by atoms with van der Waals surface area (Å²) < 4.78 is 6.55. The monoisotopic (exact) mass is 377 g/mol. The number of nitrogens with zero attached hydrogens (tertiary/aromatic N) is 3. The lowest BCUT2D eigenvalue weighted by molar-refractivity contribution is -0.118. The van der Waals surface area contributed by atoms with Crippen LogP contribution in [0.15, 0.2) is 52.2 Å². The maximum absolute atomic E-state index is 11.9. The van der Waals surface area contributed by atoms with Crippen LogP contribution in [-0.4, -0.2) is 33.1 Å². The summed E-state index contributed by atoms with van der Waals surface area (Å²) in [7, 11) is 0. The zero-order valence-corrected chi connectivity index (χ0v) is 14.8. The van der Waals surface area contributed by atoms with E-state index in [9.17, 15) is 4.79 Å². The number of aromatic nitrogens is 3. The number of hydrogen-bond acceptors (Lipinski definition) is 6. The summed E-state index contributed by atoms with van der Waals surface area (Å²) in [4.78, 5) is 11.9. The zero-order chi connectivity index (χ0) is 17.6. The third kappa shape index (κ3) is 4.55. The van der Waals surface area contributed by atoms with Gasteiger partial charge in [-0.25, -0.2) is 4.68 Å². The lowest BCUT2D eigenvalue weighted by atomic mass is 10.1. The number of nitrogens with two attached hydrogens (primary N) is 1. The number of halogens is 1. The van der Waals surface area contributed by atoms with Gasteiger partial charge in [-0.1, -0.05) is 35.5 Å². The number of rotatable bonds is 7. The zero-order valence-electron chi connectivity index (χ0n) is 13.2. The molecule has 3 aromatic rings. The van der Waals surface area contributed by atoms with Crippen molar-refractivity contribution >= 4 is 29.3 Å². The summed E-state index contributed by atoms with van der Waals surface area (Å²) in [5.41, 5.74) is 1.11. The van der Waals surface area contributed by atoms with Gasteiger partial charge in [0.05, 0.1) is 12.0 Å². The SMILES string of the molecule is Nn1c(SCC(=O)NCCc2ccc(Cl)cc2)nnc1-c1ccco1. The fourth-order valence-corrected chi connectivity index (χ4v) is 2.94. The Morgan fingerprint density at radius 3 is 2.80 bits per heavy atom. The van der Waals surface area contributed by atoms with Gasteiger partial charge in [-0.15, -0.1) is 10.2 Å². The Balaban J connectivity index is 1.45. The van der Waals surface area contributed by atoms with E-state index < -0.39 is 0 Å². The van der Waals surface area contributed by atoms with Gasteiger partial charge in [0.15, 0.2) is 5.76 Å². The van der Waals surface area contributed by atoms with E-state index in [-0.39, 0.29) is 11.7 Å². The summed E-state index contributed by atoms with van der Waals surface area (Å²) in [5, 5.41) is 12.0. The molecule has 130 valence electrons. The molecule has 0 aliphatic heterocycles. The number of nitrogens with one attached hydrogen (secondary N) is 1. The van der Waals surface area contributed by atoms with Crippen LogP contribution in [0, 0.1) is 0 Å². The minimum absolute atomic E-state index is 0.0958. The van der Waals surface area contributed by atoms with E-state index in [2.05, 4.69) is 15.5 Å². The lowest BCUT2D eigenvalue weighted by Gasteiger charge is -2.05. The first kappa shape index (κ1) is 17.4. The number of nitrogen functional groups attached to an aromatic ring is 1. The van der Waals surface area contributed by atoms with Crippen molar-refractivity contribution in [3.8, 4) is 11.6 Å². The molecule has 3 rings (SSSR count). The molecule has 0 fully saturated rings. The van der Waals surface area contributed by atoms with Crippen molar-refractivity contribution < 1.29 is 9.21 Å². The standard InChI is InChI=1S/C16H16ClN5O2S/c17-12-5-3-11(4-6-12)7-8-19-14(23)10-25-16-21-20-15(22(16)18)13-2-1-9-24-13/h1-6,9H,7-8,10,18H2,(H,19,23). The van der Waals surface area contributed by atoms with Gasteiger partial charge >= 0.3 is 0 Å². The highest BCUT2D eigenvalue weighted by atomic mass is 35.5. The Hall–Kier alpha value is -2.45. The maximum atomic E-state index is 11.9. The molecule has 0 atom stereocenters. The number of carbonyl (C=O) groups is 1. The van der Waals surface area contributed by atoms with Crippen LogP contribution < -0.4 is 11.2 Å². The van der Waals surface area contributed by atoms with Crippen molar-refractivity contribution in [3.05, 3.63) is 53.2 Å². The molecule has 0 aliphatic carbocycles. The lowest BCUT2D eigenvalue weighted by Crippen LogP contribution is -2.27. The average Bonchev–Trinajstić information content (AvgIpc) is 3.24. The van der Waals surface area contributed by atoms with Crippen LogP contribution in [0.5, 0.6) is 0 Å². The van der Waals surface area contributed by atoms with E-state index >= 15 is 0 Å². The maximum Gasteiger partial charge on any atom is 0.230 e. The van der Waals surface area contributed by atoms with Gasteiger partial charge in [0.2, 0.25) is 16.9 Å². The molecule has 0 spiro atoms. The summed E-state index contributed by atoms with van der Waals surface area (Å²) >= 11 is 7.06. The minimum atomic E-state index is -0.0958. The van der Waals surface area contributed by atoms with Crippen molar-refractivity contribution in [2.45, 2.75) is 11.6 Å². The summed E-state index contributed by atoms with van der Waals surface area (Å²) in [6.07, 6.45) is 2.27. The van der Waals surface area contributed by atoms with Gasteiger partial charge in [0.25, 0.3) is 0 Å². The van der Waals surface area contributed by atoms with Gasteiger partial charge in [0.1, 0.15) is 0 Å². The Morgan fingerprint density at radius 1 is 1.28 bits per heavy atom. The largest absolute Gasteiger partial charge is 0.461 e. The fourth-order valence-electron chi connectivity index (χ4n) is 2.13. The number of carbonyl (C=O) groups excluding carboxylic acids is 1. The molecule has 7 nitrogen and oxygen atoms in total. The molecule has 9 heteroatoms. The van der Waals surface area contributed by atoms with E-state index in [1.807, 2.05) is 24.3 Å². The van der Waals surface area contributed by atoms with Crippen molar-refractivity contribution in [2.75, 3.05) is 18.1 Å². The van der Waals surface area contributed by atoms with Crippen molar-refractivity contribution in [1.29, 1.82) is 0 Å². The van der Waals surface area contributed by atoms with E-state index in [1.54, 1.807) is 12.1 Å². The molecular formula is C16H16ClN5O2S. The Bertz CT molecular complexity index is 833. The van der Waals surface area contributed by atoms with E-state index in [4.69, 9.17) is 21.9 Å². The molecule has 2 aromatic heterocycles. The van der Waals surface area contributed by atoms with Crippen LogP contribution in [0.25, 0.3) is 11.6 Å². The van der Waals surface area contributed by atoms with Crippen molar-refractivity contribution in [3.63, 3.8) is 0 Å². The van der Waals surface area contributed by atoms with Gasteiger partial charge in [-0.3, -0.25) is 4.79 Å². The van der Waals surface area contributed by atoms with E-state index in [1.165, 1.54) is 22.7 Å². The number of furan rings is 1. The second kappa shape index (κ2) is 8.09. The van der Waals surface area contributed by atoms with Crippen molar-refractivity contribution in [2.24, 2.45) is 0 Å². The number of thioether (sulfide) groups is 1. The topological polar surface area (TPSA) is 99.0 Å². The third-order valence-corrected chi connectivity index (χ3v) is 4.58. The molecule has 2 heterocycles. The quantitative estimate of drug-likeness (QED) is 0.484. The molecule has 3 N–H and O–H groups in total. The highest BCUT2D eigenvalue weighted by Crippen LogP contribution is 2.21. The Morgan fingerprint density at radius 2 is 2.08 bits per heavy atom. The molecule has 0 bridgehead atoms. The van der Waals surface area contributed by atoms with E-state index in [0.717, 1.165) is 12.0 Å². The van der Waals surface area contributed by atoms with Crippen LogP contribution in [0.3, 0.4) is 0 Å². The summed E-state index contributed by atoms with van der Waals surface area (Å²) in [6.45, 7) is 0.550. The smallest absolute Gasteiger partial charge is 0.230 e. The molecule has 0 saturated heterocycles. The molecule has 1 amide bonds. The molecule has 1 aromatic carbocycles. The normalized spacial score (nSPS) is 10.8. The first-order chi connectivity index (χ1) is 12.1. The first-order valence-electron chi connectivity index (χ1n) is 7.52. The molecule has 0 aliphatic rings. The molecule has 0 saturated carbocycles. The molecule has 0 radical (unpaired) electrons. The van der Waals surface area contributed by atoms with Crippen LogP contribution in [-0.2, 0) is 11.2 Å². The number of hydrogen-bond donors (Lipinski definition) is 2. The Kier molecular flexibility index (Phi) is 5.62. The second-order valence-electron chi connectivity index (χ2n) is 5.17. The van der Waals surface area contributed by atoms with Crippen LogP contribution in [0.2, 0.25) is 5.02 Å². The molecular weight excluding hydrogens is 362 g/mol. The molecule has 0 unspecified atom stereocenters. The summed E-state index contributed by atoms with van der Waals surface area (Å²) in [5.74, 6) is 6.98.